The quantitative estimate of drug-likeness (QED) is 0.863. The Morgan fingerprint density at radius 1 is 1.21 bits per heavy atom. The van der Waals surface area contributed by atoms with Crippen molar-refractivity contribution in [3.63, 3.8) is 0 Å². The number of nitrogens with zero attached hydrogens (tertiary/aromatic N) is 1. The van der Waals surface area contributed by atoms with Crippen LogP contribution in [0.3, 0.4) is 0 Å². The SMILES string of the molecule is C[C@H](C(=O)N1C(=O)OCC1Cc1ccccc1)c1ccc(F)cc1. The van der Waals surface area contributed by atoms with Crippen molar-refractivity contribution in [1.82, 2.24) is 4.90 Å². The molecular weight excluding hydrogens is 309 g/mol. The third-order valence-electron chi connectivity index (χ3n) is 4.25. The molecule has 0 bridgehead atoms. The molecule has 2 aromatic rings. The fourth-order valence-electron chi connectivity index (χ4n) is 2.87. The molecule has 1 saturated heterocycles. The van der Waals surface area contributed by atoms with Crippen molar-refractivity contribution >= 4 is 12.0 Å². The summed E-state index contributed by atoms with van der Waals surface area (Å²) >= 11 is 0. The second-order valence-electron chi connectivity index (χ2n) is 5.90. The van der Waals surface area contributed by atoms with Crippen molar-refractivity contribution in [1.29, 1.82) is 0 Å². The second kappa shape index (κ2) is 6.83. The molecule has 4 nitrogen and oxygen atoms in total. The lowest BCUT2D eigenvalue weighted by Crippen LogP contribution is -2.42. The average molecular weight is 327 g/mol. The van der Waals surface area contributed by atoms with Gasteiger partial charge in [-0.3, -0.25) is 4.79 Å². The number of benzene rings is 2. The fraction of sp³-hybridized carbons (Fsp3) is 0.263. The van der Waals surface area contributed by atoms with E-state index in [9.17, 15) is 14.0 Å². The molecule has 2 amide bonds. The number of carbonyl (C=O) groups is 2. The molecule has 124 valence electrons. The van der Waals surface area contributed by atoms with Gasteiger partial charge in [-0.15, -0.1) is 0 Å². The first-order chi connectivity index (χ1) is 11.6. The highest BCUT2D eigenvalue weighted by Crippen LogP contribution is 2.24. The lowest BCUT2D eigenvalue weighted by molar-refractivity contribution is -0.130. The molecule has 0 aliphatic carbocycles. The zero-order valence-corrected chi connectivity index (χ0v) is 13.3. The smallest absolute Gasteiger partial charge is 0.417 e. The highest BCUT2D eigenvalue weighted by molar-refractivity contribution is 5.97. The van der Waals surface area contributed by atoms with E-state index in [0.717, 1.165) is 5.56 Å². The van der Waals surface area contributed by atoms with Gasteiger partial charge in [0.1, 0.15) is 12.4 Å². The van der Waals surface area contributed by atoms with Crippen LogP contribution in [-0.4, -0.2) is 29.5 Å². The lowest BCUT2D eigenvalue weighted by atomic mass is 9.98. The Labute approximate surface area is 139 Å². The minimum absolute atomic E-state index is 0.190. The topological polar surface area (TPSA) is 46.6 Å². The minimum Gasteiger partial charge on any atom is -0.447 e. The second-order valence-corrected chi connectivity index (χ2v) is 5.90. The number of cyclic esters (lactones) is 1. The molecule has 0 N–H and O–H groups in total. The molecule has 1 aliphatic rings. The van der Waals surface area contributed by atoms with Crippen molar-refractivity contribution in [2.45, 2.75) is 25.3 Å². The summed E-state index contributed by atoms with van der Waals surface area (Å²) in [6.45, 7) is 1.90. The Morgan fingerprint density at radius 3 is 2.54 bits per heavy atom. The summed E-state index contributed by atoms with van der Waals surface area (Å²) in [5.41, 5.74) is 1.70. The highest BCUT2D eigenvalue weighted by Gasteiger charge is 2.39. The van der Waals surface area contributed by atoms with Gasteiger partial charge in [0.15, 0.2) is 0 Å². The summed E-state index contributed by atoms with van der Waals surface area (Å²) in [5, 5.41) is 0. The van der Waals surface area contributed by atoms with E-state index in [0.29, 0.717) is 12.0 Å². The van der Waals surface area contributed by atoms with Crippen LogP contribution in [0.15, 0.2) is 54.6 Å². The number of halogens is 1. The van der Waals surface area contributed by atoms with Gasteiger partial charge in [-0.1, -0.05) is 42.5 Å². The first kappa shape index (κ1) is 16.2. The van der Waals surface area contributed by atoms with Gasteiger partial charge in [-0.05, 0) is 36.6 Å². The molecule has 3 rings (SSSR count). The van der Waals surface area contributed by atoms with Crippen LogP contribution in [0, 0.1) is 5.82 Å². The van der Waals surface area contributed by atoms with Crippen molar-refractivity contribution in [3.8, 4) is 0 Å². The Morgan fingerprint density at radius 2 is 1.88 bits per heavy atom. The van der Waals surface area contributed by atoms with Gasteiger partial charge in [-0.2, -0.15) is 0 Å². The number of hydrogen-bond acceptors (Lipinski definition) is 3. The standard InChI is InChI=1S/C19H18FNO3/c1-13(15-7-9-16(20)10-8-15)18(22)21-17(12-24-19(21)23)11-14-5-3-2-4-6-14/h2-10,13,17H,11-12H2,1H3/t13-,17?/m0/s1. The molecule has 2 atom stereocenters. The molecule has 1 fully saturated rings. The molecule has 5 heteroatoms. The van der Waals surface area contributed by atoms with Crippen molar-refractivity contribution in [2.24, 2.45) is 0 Å². The van der Waals surface area contributed by atoms with E-state index in [2.05, 4.69) is 0 Å². The maximum atomic E-state index is 13.0. The number of rotatable bonds is 4. The number of ether oxygens (including phenoxy) is 1. The number of hydrogen-bond donors (Lipinski definition) is 0. The Kier molecular flexibility index (Phi) is 4.60. The molecule has 0 spiro atoms. The molecule has 1 unspecified atom stereocenters. The summed E-state index contributed by atoms with van der Waals surface area (Å²) in [6, 6.07) is 15.1. The maximum Gasteiger partial charge on any atom is 0.417 e. The number of carbonyl (C=O) groups excluding carboxylic acids is 2. The van der Waals surface area contributed by atoms with Gasteiger partial charge in [0.05, 0.1) is 12.0 Å². The zero-order valence-electron chi connectivity index (χ0n) is 13.3. The maximum absolute atomic E-state index is 13.0. The van der Waals surface area contributed by atoms with Crippen LogP contribution in [0.25, 0.3) is 0 Å². The predicted molar refractivity (Wildman–Crippen MR) is 86.9 cm³/mol. The molecule has 1 heterocycles. The summed E-state index contributed by atoms with van der Waals surface area (Å²) in [5.74, 6) is -1.24. The number of imide groups is 1. The molecule has 24 heavy (non-hydrogen) atoms. The van der Waals surface area contributed by atoms with Crippen molar-refractivity contribution in [3.05, 3.63) is 71.5 Å². The molecule has 0 saturated carbocycles. The van der Waals surface area contributed by atoms with E-state index in [4.69, 9.17) is 4.74 Å². The van der Waals surface area contributed by atoms with Gasteiger partial charge in [0.2, 0.25) is 5.91 Å². The zero-order chi connectivity index (χ0) is 17.1. The van der Waals surface area contributed by atoms with E-state index < -0.39 is 12.0 Å². The van der Waals surface area contributed by atoms with Crippen molar-refractivity contribution in [2.75, 3.05) is 6.61 Å². The number of amides is 2. The minimum atomic E-state index is -0.616. The molecule has 1 aliphatic heterocycles. The van der Waals surface area contributed by atoms with Gasteiger partial charge in [0, 0.05) is 0 Å². The van der Waals surface area contributed by atoms with Crippen LogP contribution in [0.5, 0.6) is 0 Å². The molecule has 0 radical (unpaired) electrons. The third kappa shape index (κ3) is 3.30. The van der Waals surface area contributed by atoms with Gasteiger partial charge in [-0.25, -0.2) is 14.1 Å². The summed E-state index contributed by atoms with van der Waals surface area (Å²) in [7, 11) is 0. The van der Waals surface area contributed by atoms with E-state index >= 15 is 0 Å². The normalized spacial score (nSPS) is 18.3. The van der Waals surface area contributed by atoms with Crippen LogP contribution < -0.4 is 0 Å². The summed E-state index contributed by atoms with van der Waals surface area (Å²) in [4.78, 5) is 26.0. The predicted octanol–water partition coefficient (Wildman–Crippen LogP) is 3.52. The Bertz CT molecular complexity index is 730. The van der Waals surface area contributed by atoms with E-state index in [1.54, 1.807) is 19.1 Å². The van der Waals surface area contributed by atoms with Gasteiger partial charge < -0.3 is 4.74 Å². The van der Waals surface area contributed by atoms with Crippen LogP contribution in [0.1, 0.15) is 24.0 Å². The molecule has 0 aromatic heterocycles. The van der Waals surface area contributed by atoms with E-state index in [-0.39, 0.29) is 24.4 Å². The van der Waals surface area contributed by atoms with Crippen LogP contribution in [0.2, 0.25) is 0 Å². The molecular formula is C19H18FNO3. The van der Waals surface area contributed by atoms with E-state index in [1.807, 2.05) is 30.3 Å². The first-order valence-corrected chi connectivity index (χ1v) is 7.85. The Balaban J connectivity index is 1.78. The highest BCUT2D eigenvalue weighted by atomic mass is 19.1. The third-order valence-corrected chi connectivity index (χ3v) is 4.25. The van der Waals surface area contributed by atoms with Gasteiger partial charge >= 0.3 is 6.09 Å². The van der Waals surface area contributed by atoms with Crippen LogP contribution in [-0.2, 0) is 16.0 Å². The van der Waals surface area contributed by atoms with E-state index in [1.165, 1.54) is 17.0 Å². The first-order valence-electron chi connectivity index (χ1n) is 7.85. The van der Waals surface area contributed by atoms with Crippen molar-refractivity contribution < 1.29 is 18.7 Å². The lowest BCUT2D eigenvalue weighted by Gasteiger charge is -2.23. The van der Waals surface area contributed by atoms with Gasteiger partial charge in [0.25, 0.3) is 0 Å². The largest absolute Gasteiger partial charge is 0.447 e. The summed E-state index contributed by atoms with van der Waals surface area (Å²) < 4.78 is 18.1. The van der Waals surface area contributed by atoms with Crippen LogP contribution >= 0.6 is 0 Å². The molecule has 2 aromatic carbocycles. The fourth-order valence-corrected chi connectivity index (χ4v) is 2.87. The monoisotopic (exact) mass is 327 g/mol. The summed E-state index contributed by atoms with van der Waals surface area (Å²) in [6.07, 6.45) is -0.0658. The average Bonchev–Trinajstić information content (AvgIpc) is 2.95. The Hall–Kier alpha value is -2.69. The van der Waals surface area contributed by atoms with Crippen LogP contribution in [0.4, 0.5) is 9.18 Å².